The summed E-state index contributed by atoms with van der Waals surface area (Å²) in [6, 6.07) is 9.38. The van der Waals surface area contributed by atoms with Crippen molar-refractivity contribution in [2.75, 3.05) is 10.6 Å². The molecule has 0 aromatic heterocycles. The molecule has 1 fully saturated rings. The first-order valence-electron chi connectivity index (χ1n) is 8.01. The van der Waals surface area contributed by atoms with Crippen LogP contribution in [0.25, 0.3) is 0 Å². The van der Waals surface area contributed by atoms with Gasteiger partial charge in [0.15, 0.2) is 0 Å². The minimum atomic E-state index is -0.974. The van der Waals surface area contributed by atoms with Gasteiger partial charge in [-0.1, -0.05) is 6.92 Å². The number of nitrogens with zero attached hydrogens (tertiary/aromatic N) is 1. The molecular formula is C18H16FN3O4. The highest BCUT2D eigenvalue weighted by Gasteiger charge is 2.39. The first-order valence-corrected chi connectivity index (χ1v) is 8.01. The molecule has 0 bridgehead atoms. The number of benzene rings is 2. The van der Waals surface area contributed by atoms with Gasteiger partial charge in [0, 0.05) is 28.9 Å². The van der Waals surface area contributed by atoms with Gasteiger partial charge in [0.25, 0.3) is 5.91 Å². The van der Waals surface area contributed by atoms with Crippen molar-refractivity contribution in [1.29, 1.82) is 0 Å². The molecule has 0 heterocycles. The molecule has 8 heteroatoms. The molecule has 134 valence electrons. The van der Waals surface area contributed by atoms with Gasteiger partial charge >= 0.3 is 5.69 Å². The highest BCUT2D eigenvalue weighted by molar-refractivity contribution is 6.05. The summed E-state index contributed by atoms with van der Waals surface area (Å²) in [4.78, 5) is 34.0. The Hall–Kier alpha value is -3.29. The Balaban J connectivity index is 1.65. The van der Waals surface area contributed by atoms with Crippen LogP contribution >= 0.6 is 0 Å². The van der Waals surface area contributed by atoms with Crippen LogP contribution in [0.5, 0.6) is 0 Å². The third-order valence-electron chi connectivity index (χ3n) is 4.26. The Morgan fingerprint density at radius 3 is 2.31 bits per heavy atom. The fourth-order valence-electron chi connectivity index (χ4n) is 2.56. The number of hydrogen-bond donors (Lipinski definition) is 2. The van der Waals surface area contributed by atoms with Crippen LogP contribution in [0, 0.1) is 27.8 Å². The second-order valence-corrected chi connectivity index (χ2v) is 6.26. The molecule has 0 saturated heterocycles. The van der Waals surface area contributed by atoms with Crippen LogP contribution in [0.4, 0.5) is 21.5 Å². The van der Waals surface area contributed by atoms with Gasteiger partial charge in [-0.15, -0.1) is 0 Å². The molecular weight excluding hydrogens is 341 g/mol. The van der Waals surface area contributed by atoms with Gasteiger partial charge in [0.2, 0.25) is 11.7 Å². The van der Waals surface area contributed by atoms with E-state index >= 15 is 0 Å². The maximum Gasteiger partial charge on any atom is 0.306 e. The van der Waals surface area contributed by atoms with Crippen molar-refractivity contribution in [3.8, 4) is 0 Å². The van der Waals surface area contributed by atoms with E-state index in [1.54, 1.807) is 12.1 Å². The number of amides is 2. The van der Waals surface area contributed by atoms with Gasteiger partial charge in [-0.2, -0.15) is 4.39 Å². The predicted molar refractivity (Wildman–Crippen MR) is 93.4 cm³/mol. The zero-order chi connectivity index (χ0) is 18.8. The molecule has 0 unspecified atom stereocenters. The molecule has 26 heavy (non-hydrogen) atoms. The number of halogens is 1. The van der Waals surface area contributed by atoms with E-state index < -0.39 is 22.3 Å². The molecule has 2 amide bonds. The summed E-state index contributed by atoms with van der Waals surface area (Å²) < 4.78 is 13.3. The standard InChI is InChI=1S/C18H16FN3O4/c1-10-8-14(10)18(24)20-12-4-2-11(3-5-12)17(23)21-13-6-7-15(19)16(9-13)22(25)26/h2-7,9-10,14H,8H2,1H3,(H,20,24)(H,21,23)/t10-,14-/m1/s1. The van der Waals surface area contributed by atoms with Gasteiger partial charge in [-0.3, -0.25) is 19.7 Å². The average Bonchev–Trinajstić information content (AvgIpc) is 3.34. The number of anilines is 2. The van der Waals surface area contributed by atoms with Crippen LogP contribution in [0.3, 0.4) is 0 Å². The quantitative estimate of drug-likeness (QED) is 0.631. The number of nitrogens with one attached hydrogen (secondary N) is 2. The maximum absolute atomic E-state index is 13.3. The van der Waals surface area contributed by atoms with Crippen LogP contribution in [0.2, 0.25) is 0 Å². The Kier molecular flexibility index (Phi) is 4.66. The highest BCUT2D eigenvalue weighted by atomic mass is 19.1. The van der Waals surface area contributed by atoms with E-state index in [9.17, 15) is 24.1 Å². The van der Waals surface area contributed by atoms with Crippen molar-refractivity contribution >= 4 is 28.9 Å². The number of rotatable bonds is 5. The molecule has 7 nitrogen and oxygen atoms in total. The van der Waals surface area contributed by atoms with Gasteiger partial charge in [-0.05, 0) is 48.7 Å². The normalized spacial score (nSPS) is 18.1. The largest absolute Gasteiger partial charge is 0.326 e. The number of carbonyl (C=O) groups is 2. The molecule has 2 N–H and O–H groups in total. The Labute approximate surface area is 148 Å². The monoisotopic (exact) mass is 357 g/mol. The lowest BCUT2D eigenvalue weighted by Crippen LogP contribution is -2.15. The lowest BCUT2D eigenvalue weighted by atomic mass is 10.1. The first-order chi connectivity index (χ1) is 12.3. The van der Waals surface area contributed by atoms with Crippen molar-refractivity contribution < 1.29 is 18.9 Å². The molecule has 3 rings (SSSR count). The summed E-state index contributed by atoms with van der Waals surface area (Å²) in [5, 5.41) is 16.0. The molecule has 2 atom stereocenters. The first kappa shape index (κ1) is 17.5. The van der Waals surface area contributed by atoms with E-state index in [0.717, 1.165) is 18.6 Å². The predicted octanol–water partition coefficient (Wildman–Crippen LogP) is 3.58. The molecule has 0 spiro atoms. The van der Waals surface area contributed by atoms with E-state index in [0.29, 0.717) is 17.2 Å². The van der Waals surface area contributed by atoms with Crippen molar-refractivity contribution in [2.45, 2.75) is 13.3 Å². The van der Waals surface area contributed by atoms with Crippen LogP contribution < -0.4 is 10.6 Å². The van der Waals surface area contributed by atoms with E-state index in [1.807, 2.05) is 6.92 Å². The summed E-state index contributed by atoms with van der Waals surface area (Å²) >= 11 is 0. The van der Waals surface area contributed by atoms with Crippen LogP contribution in [-0.4, -0.2) is 16.7 Å². The highest BCUT2D eigenvalue weighted by Crippen LogP contribution is 2.38. The third kappa shape index (κ3) is 3.85. The third-order valence-corrected chi connectivity index (χ3v) is 4.26. The minimum absolute atomic E-state index is 0.0340. The van der Waals surface area contributed by atoms with E-state index in [2.05, 4.69) is 10.6 Å². The van der Waals surface area contributed by atoms with Crippen molar-refractivity contribution in [3.05, 3.63) is 64.0 Å². The number of hydrogen-bond acceptors (Lipinski definition) is 4. The minimum Gasteiger partial charge on any atom is -0.326 e. The zero-order valence-corrected chi connectivity index (χ0v) is 13.9. The van der Waals surface area contributed by atoms with Crippen molar-refractivity contribution in [1.82, 2.24) is 0 Å². The van der Waals surface area contributed by atoms with Crippen molar-refractivity contribution in [2.24, 2.45) is 11.8 Å². The second-order valence-electron chi connectivity index (χ2n) is 6.26. The second kappa shape index (κ2) is 6.91. The molecule has 1 aliphatic carbocycles. The lowest BCUT2D eigenvalue weighted by molar-refractivity contribution is -0.387. The topological polar surface area (TPSA) is 101 Å². The van der Waals surface area contributed by atoms with E-state index in [-0.39, 0.29) is 17.5 Å². The van der Waals surface area contributed by atoms with Crippen LogP contribution in [0.1, 0.15) is 23.7 Å². The molecule has 0 radical (unpaired) electrons. The van der Waals surface area contributed by atoms with E-state index in [4.69, 9.17) is 0 Å². The lowest BCUT2D eigenvalue weighted by Gasteiger charge is -2.08. The number of nitro benzene ring substituents is 1. The van der Waals surface area contributed by atoms with Gasteiger partial charge < -0.3 is 10.6 Å². The summed E-state index contributed by atoms with van der Waals surface area (Å²) in [6.45, 7) is 2.01. The smallest absolute Gasteiger partial charge is 0.306 e. The Morgan fingerprint density at radius 2 is 1.73 bits per heavy atom. The van der Waals surface area contributed by atoms with E-state index in [1.165, 1.54) is 18.2 Å². The SMILES string of the molecule is C[C@@H]1C[C@H]1C(=O)Nc1ccc(C(=O)Nc2ccc(F)c([N+](=O)[O-])c2)cc1. The zero-order valence-electron chi connectivity index (χ0n) is 13.9. The summed E-state index contributed by atoms with van der Waals surface area (Å²) in [5.41, 5.74) is 0.288. The summed E-state index contributed by atoms with van der Waals surface area (Å²) in [6.07, 6.45) is 0.885. The number of carbonyl (C=O) groups excluding carboxylic acids is 2. The average molecular weight is 357 g/mol. The van der Waals surface area contributed by atoms with Gasteiger partial charge in [0.1, 0.15) is 0 Å². The number of nitro groups is 1. The molecule has 1 aliphatic rings. The molecule has 2 aromatic rings. The summed E-state index contributed by atoms with van der Waals surface area (Å²) in [5.74, 6) is -1.06. The summed E-state index contributed by atoms with van der Waals surface area (Å²) in [7, 11) is 0. The molecule has 2 aromatic carbocycles. The van der Waals surface area contributed by atoms with Crippen molar-refractivity contribution in [3.63, 3.8) is 0 Å². The maximum atomic E-state index is 13.3. The van der Waals surface area contributed by atoms with Crippen LogP contribution in [0.15, 0.2) is 42.5 Å². The fraction of sp³-hybridized carbons (Fsp3) is 0.222. The Bertz CT molecular complexity index is 883. The Morgan fingerprint density at radius 1 is 1.12 bits per heavy atom. The molecule has 1 saturated carbocycles. The van der Waals surface area contributed by atoms with Gasteiger partial charge in [0.05, 0.1) is 4.92 Å². The van der Waals surface area contributed by atoms with Gasteiger partial charge in [-0.25, -0.2) is 0 Å². The molecule has 0 aliphatic heterocycles. The van der Waals surface area contributed by atoms with Crippen LogP contribution in [-0.2, 0) is 4.79 Å². The fourth-order valence-corrected chi connectivity index (χ4v) is 2.56.